The first-order chi connectivity index (χ1) is 8.50. The van der Waals surface area contributed by atoms with Crippen molar-refractivity contribution in [1.82, 2.24) is 4.90 Å². The van der Waals surface area contributed by atoms with E-state index in [0.717, 1.165) is 3.57 Å². The first-order valence-corrected chi connectivity index (χ1v) is 6.55. The Hall–Kier alpha value is -1.15. The van der Waals surface area contributed by atoms with Crippen molar-refractivity contribution in [1.29, 1.82) is 0 Å². The van der Waals surface area contributed by atoms with E-state index in [1.807, 2.05) is 28.7 Å². The maximum Gasteiger partial charge on any atom is 0.326 e. The summed E-state index contributed by atoms with van der Waals surface area (Å²) in [6.45, 7) is 0.0702. The Bertz CT molecular complexity index is 491. The Labute approximate surface area is 118 Å². The van der Waals surface area contributed by atoms with Crippen molar-refractivity contribution in [3.8, 4) is 0 Å². The maximum absolute atomic E-state index is 12.3. The third kappa shape index (κ3) is 2.49. The van der Waals surface area contributed by atoms with E-state index >= 15 is 0 Å². The van der Waals surface area contributed by atoms with Crippen LogP contribution in [0.2, 0.25) is 0 Å². The minimum Gasteiger partial charge on any atom is -0.480 e. The van der Waals surface area contributed by atoms with Gasteiger partial charge in [-0.3, -0.25) is 4.79 Å². The Kier molecular flexibility index (Phi) is 3.86. The summed E-state index contributed by atoms with van der Waals surface area (Å²) in [4.78, 5) is 24.6. The summed E-state index contributed by atoms with van der Waals surface area (Å²) in [5.74, 6) is -1.42. The van der Waals surface area contributed by atoms with Gasteiger partial charge in [-0.2, -0.15) is 0 Å². The zero-order chi connectivity index (χ0) is 13.3. The van der Waals surface area contributed by atoms with Crippen molar-refractivity contribution in [2.24, 2.45) is 0 Å². The van der Waals surface area contributed by atoms with Crippen LogP contribution in [-0.4, -0.2) is 45.7 Å². The topological polar surface area (TPSA) is 77.8 Å². The molecule has 1 aliphatic heterocycles. The van der Waals surface area contributed by atoms with Gasteiger partial charge in [0.1, 0.15) is 6.04 Å². The number of likely N-dealkylation sites (tertiary alicyclic amines) is 1. The van der Waals surface area contributed by atoms with Crippen LogP contribution in [0.15, 0.2) is 24.3 Å². The largest absolute Gasteiger partial charge is 0.480 e. The van der Waals surface area contributed by atoms with Crippen molar-refractivity contribution in [2.45, 2.75) is 18.6 Å². The second-order valence-corrected chi connectivity index (χ2v) is 5.34. The van der Waals surface area contributed by atoms with Crippen LogP contribution in [0, 0.1) is 3.57 Å². The second-order valence-electron chi connectivity index (χ2n) is 4.18. The predicted octanol–water partition coefficient (Wildman–Crippen LogP) is 0.951. The van der Waals surface area contributed by atoms with Crippen LogP contribution in [-0.2, 0) is 4.79 Å². The fourth-order valence-corrected chi connectivity index (χ4v) is 2.68. The average Bonchev–Trinajstić information content (AvgIpc) is 2.71. The van der Waals surface area contributed by atoms with Crippen molar-refractivity contribution in [3.63, 3.8) is 0 Å². The number of benzene rings is 1. The number of amides is 1. The Morgan fingerprint density at radius 2 is 2.00 bits per heavy atom. The predicted molar refractivity (Wildman–Crippen MR) is 72.2 cm³/mol. The number of carbonyl (C=O) groups is 2. The summed E-state index contributed by atoms with van der Waals surface area (Å²) in [5, 5.41) is 18.6. The van der Waals surface area contributed by atoms with Crippen LogP contribution in [0.3, 0.4) is 0 Å². The minimum atomic E-state index is -1.08. The molecule has 0 saturated carbocycles. The Morgan fingerprint density at radius 1 is 1.33 bits per heavy atom. The normalized spacial score (nSPS) is 23.1. The van der Waals surface area contributed by atoms with Crippen LogP contribution in [0.25, 0.3) is 0 Å². The molecule has 0 unspecified atom stereocenters. The average molecular weight is 361 g/mol. The van der Waals surface area contributed by atoms with Gasteiger partial charge in [0.15, 0.2) is 0 Å². The van der Waals surface area contributed by atoms with Gasteiger partial charge in [0.05, 0.1) is 11.7 Å². The fourth-order valence-electron chi connectivity index (χ4n) is 2.06. The van der Waals surface area contributed by atoms with E-state index in [1.54, 1.807) is 18.2 Å². The fraction of sp³-hybridized carbons (Fsp3) is 0.333. The molecule has 18 heavy (non-hydrogen) atoms. The highest BCUT2D eigenvalue weighted by molar-refractivity contribution is 14.1. The van der Waals surface area contributed by atoms with E-state index in [-0.39, 0.29) is 18.9 Å². The minimum absolute atomic E-state index is 0.0702. The lowest BCUT2D eigenvalue weighted by Crippen LogP contribution is -2.40. The molecule has 6 heteroatoms. The lowest BCUT2D eigenvalue weighted by Gasteiger charge is -2.21. The smallest absolute Gasteiger partial charge is 0.326 e. The van der Waals surface area contributed by atoms with Crippen molar-refractivity contribution in [3.05, 3.63) is 33.4 Å². The van der Waals surface area contributed by atoms with Crippen LogP contribution < -0.4 is 0 Å². The summed E-state index contributed by atoms with van der Waals surface area (Å²) >= 11 is 2.03. The van der Waals surface area contributed by atoms with E-state index in [9.17, 15) is 14.7 Å². The molecule has 0 radical (unpaired) electrons. The molecular formula is C12H12INO4. The van der Waals surface area contributed by atoms with Crippen molar-refractivity contribution >= 4 is 34.5 Å². The molecule has 1 fully saturated rings. The number of aliphatic hydroxyl groups is 1. The van der Waals surface area contributed by atoms with Crippen LogP contribution in [0.1, 0.15) is 16.8 Å². The zero-order valence-corrected chi connectivity index (χ0v) is 11.6. The molecule has 1 aliphatic rings. The molecule has 1 amide bonds. The van der Waals surface area contributed by atoms with Gasteiger partial charge in [0.25, 0.3) is 5.91 Å². The van der Waals surface area contributed by atoms with Gasteiger partial charge < -0.3 is 15.1 Å². The molecule has 0 aliphatic carbocycles. The van der Waals surface area contributed by atoms with Crippen LogP contribution >= 0.6 is 22.6 Å². The second kappa shape index (κ2) is 5.23. The third-order valence-corrected chi connectivity index (χ3v) is 3.87. The number of halogens is 1. The Morgan fingerprint density at radius 3 is 2.61 bits per heavy atom. The number of nitrogens with zero attached hydrogens (tertiary/aromatic N) is 1. The molecule has 1 heterocycles. The molecule has 1 aromatic carbocycles. The van der Waals surface area contributed by atoms with Gasteiger partial charge in [-0.15, -0.1) is 0 Å². The quantitative estimate of drug-likeness (QED) is 0.769. The lowest BCUT2D eigenvalue weighted by atomic mass is 10.1. The number of hydrogen-bond donors (Lipinski definition) is 2. The van der Waals surface area contributed by atoms with Gasteiger partial charge in [0.2, 0.25) is 0 Å². The number of hydrogen-bond acceptors (Lipinski definition) is 3. The highest BCUT2D eigenvalue weighted by Gasteiger charge is 2.39. The highest BCUT2D eigenvalue weighted by Crippen LogP contribution is 2.22. The first kappa shape index (κ1) is 13.3. The molecule has 5 nitrogen and oxygen atoms in total. The lowest BCUT2D eigenvalue weighted by molar-refractivity contribution is -0.141. The van der Waals surface area contributed by atoms with E-state index in [2.05, 4.69) is 0 Å². The van der Waals surface area contributed by atoms with E-state index in [4.69, 9.17) is 5.11 Å². The van der Waals surface area contributed by atoms with Gasteiger partial charge in [-0.25, -0.2) is 4.79 Å². The zero-order valence-electron chi connectivity index (χ0n) is 9.41. The number of carboxylic acid groups (broad SMARTS) is 1. The molecule has 1 aromatic rings. The molecule has 0 bridgehead atoms. The van der Waals surface area contributed by atoms with Crippen LogP contribution in [0.5, 0.6) is 0 Å². The van der Waals surface area contributed by atoms with Gasteiger partial charge >= 0.3 is 5.97 Å². The standard InChI is InChI=1S/C12H12INO4/c13-9-4-2-1-3-8(9)11(16)14-6-7(15)5-10(14)12(17)18/h1-4,7,10,15H,5-6H2,(H,17,18)/t7-,10+/m1/s1. The summed E-state index contributed by atoms with van der Waals surface area (Å²) in [6, 6.07) is 6.05. The van der Waals surface area contributed by atoms with Gasteiger partial charge in [-0.05, 0) is 34.7 Å². The summed E-state index contributed by atoms with van der Waals surface area (Å²) in [6.07, 6.45) is -0.679. The van der Waals surface area contributed by atoms with E-state index in [1.165, 1.54) is 4.90 Å². The van der Waals surface area contributed by atoms with Crippen molar-refractivity contribution in [2.75, 3.05) is 6.54 Å². The molecular weight excluding hydrogens is 349 g/mol. The SMILES string of the molecule is O=C(O)[C@@H]1C[C@@H](O)CN1C(=O)c1ccccc1I. The molecule has 2 atom stereocenters. The molecule has 0 aromatic heterocycles. The van der Waals surface area contributed by atoms with E-state index < -0.39 is 18.1 Å². The molecule has 1 saturated heterocycles. The van der Waals surface area contributed by atoms with Gasteiger partial charge in [0, 0.05) is 16.5 Å². The molecule has 96 valence electrons. The summed E-state index contributed by atoms with van der Waals surface area (Å²) < 4.78 is 0.769. The highest BCUT2D eigenvalue weighted by atomic mass is 127. The Balaban J connectivity index is 2.28. The van der Waals surface area contributed by atoms with Crippen LogP contribution in [0.4, 0.5) is 0 Å². The third-order valence-electron chi connectivity index (χ3n) is 2.93. The van der Waals surface area contributed by atoms with Gasteiger partial charge in [-0.1, -0.05) is 12.1 Å². The number of β-amino-alcohol motifs (C(OH)–C–C–N with tert-alkyl or cyclic N) is 1. The number of aliphatic hydroxyl groups excluding tert-OH is 1. The van der Waals surface area contributed by atoms with E-state index in [0.29, 0.717) is 5.56 Å². The molecule has 0 spiro atoms. The summed E-state index contributed by atoms with van der Waals surface area (Å²) in [5.41, 5.74) is 0.471. The molecule has 2 N–H and O–H groups in total. The number of carboxylic acids is 1. The molecule has 2 rings (SSSR count). The maximum atomic E-state index is 12.3. The first-order valence-electron chi connectivity index (χ1n) is 5.47. The summed E-state index contributed by atoms with van der Waals surface area (Å²) in [7, 11) is 0. The number of carbonyl (C=O) groups excluding carboxylic acids is 1. The monoisotopic (exact) mass is 361 g/mol. The number of rotatable bonds is 2. The van der Waals surface area contributed by atoms with Crippen molar-refractivity contribution < 1.29 is 19.8 Å². The number of aliphatic carboxylic acids is 1.